The van der Waals surface area contributed by atoms with E-state index in [1.54, 1.807) is 24.3 Å². The lowest BCUT2D eigenvalue weighted by atomic mass is 10.3. The molecule has 0 spiro atoms. The van der Waals surface area contributed by atoms with Crippen LogP contribution in [0.1, 0.15) is 0 Å². The van der Waals surface area contributed by atoms with Crippen molar-refractivity contribution in [2.24, 2.45) is 0 Å². The van der Waals surface area contributed by atoms with Gasteiger partial charge in [-0.2, -0.15) is 0 Å². The molecule has 0 saturated carbocycles. The van der Waals surface area contributed by atoms with Crippen molar-refractivity contribution in [3.63, 3.8) is 0 Å². The summed E-state index contributed by atoms with van der Waals surface area (Å²) in [6, 6.07) is 6.79. The molecule has 8 heavy (non-hydrogen) atoms. The fourth-order valence-electron chi connectivity index (χ4n) is 0.488. The molecule has 1 aromatic rings. The first kappa shape index (κ1) is 5.45. The fraction of sp³-hybridized carbons (Fsp3) is 0. The van der Waals surface area contributed by atoms with E-state index in [-0.39, 0.29) is 0 Å². The minimum absolute atomic E-state index is 0.456. The second-order valence-electron chi connectivity index (χ2n) is 1.51. The van der Waals surface area contributed by atoms with Crippen LogP contribution < -0.4 is 0 Å². The van der Waals surface area contributed by atoms with Gasteiger partial charge in [0.15, 0.2) is 0 Å². The van der Waals surface area contributed by atoms with Gasteiger partial charge in [-0.25, -0.2) is 0 Å². The Kier molecular flexibility index (Phi) is 1.40. The maximum absolute atomic E-state index is 7.05. The van der Waals surface area contributed by atoms with Crippen molar-refractivity contribution in [2.45, 2.75) is 0 Å². The standard InChI is InChI=1S/C6H5ClN/c7-5-2-1-3-6(8)4-5/h1-4,8H/q-1. The third kappa shape index (κ3) is 1.14. The monoisotopic (exact) mass is 126 g/mol. The lowest BCUT2D eigenvalue weighted by Crippen LogP contribution is -1.58. The number of halogens is 1. The van der Waals surface area contributed by atoms with Crippen molar-refractivity contribution < 1.29 is 0 Å². The van der Waals surface area contributed by atoms with Crippen molar-refractivity contribution >= 4 is 17.3 Å². The van der Waals surface area contributed by atoms with Gasteiger partial charge in [-0.05, 0) is 6.07 Å². The lowest BCUT2D eigenvalue weighted by molar-refractivity contribution is 1.73. The summed E-state index contributed by atoms with van der Waals surface area (Å²) in [7, 11) is 0. The second kappa shape index (κ2) is 2.05. The quantitative estimate of drug-likeness (QED) is 0.510. The fourth-order valence-corrected chi connectivity index (χ4v) is 0.679. The van der Waals surface area contributed by atoms with Crippen LogP contribution in [0.4, 0.5) is 5.69 Å². The van der Waals surface area contributed by atoms with E-state index in [1.165, 1.54) is 0 Å². The van der Waals surface area contributed by atoms with E-state index in [9.17, 15) is 0 Å². The Morgan fingerprint density at radius 2 is 2.12 bits per heavy atom. The van der Waals surface area contributed by atoms with Gasteiger partial charge in [-0.1, -0.05) is 29.8 Å². The number of rotatable bonds is 0. The molecule has 0 atom stereocenters. The van der Waals surface area contributed by atoms with Crippen LogP contribution in [0.2, 0.25) is 5.02 Å². The zero-order chi connectivity index (χ0) is 5.98. The van der Waals surface area contributed by atoms with Crippen LogP contribution in [0.3, 0.4) is 0 Å². The Morgan fingerprint density at radius 1 is 1.38 bits per heavy atom. The zero-order valence-electron chi connectivity index (χ0n) is 4.19. The van der Waals surface area contributed by atoms with Gasteiger partial charge in [0.1, 0.15) is 0 Å². The van der Waals surface area contributed by atoms with Gasteiger partial charge in [0.2, 0.25) is 0 Å². The summed E-state index contributed by atoms with van der Waals surface area (Å²) in [6.45, 7) is 0. The number of hydrogen-bond donors (Lipinski definition) is 0. The molecule has 0 aliphatic heterocycles. The van der Waals surface area contributed by atoms with Crippen molar-refractivity contribution in [3.8, 4) is 0 Å². The average Bonchev–Trinajstić information content (AvgIpc) is 1.64. The lowest BCUT2D eigenvalue weighted by Gasteiger charge is -1.98. The van der Waals surface area contributed by atoms with Gasteiger partial charge >= 0.3 is 0 Å². The second-order valence-corrected chi connectivity index (χ2v) is 1.95. The summed E-state index contributed by atoms with van der Waals surface area (Å²) in [5.41, 5.74) is 7.51. The molecule has 42 valence electrons. The predicted molar refractivity (Wildman–Crippen MR) is 35.4 cm³/mol. The minimum Gasteiger partial charge on any atom is -0.699 e. The smallest absolute Gasteiger partial charge is 0.0393 e. The zero-order valence-corrected chi connectivity index (χ0v) is 4.94. The number of hydrogen-bond acceptors (Lipinski definition) is 0. The third-order valence-electron chi connectivity index (χ3n) is 0.825. The summed E-state index contributed by atoms with van der Waals surface area (Å²) in [4.78, 5) is 0. The molecule has 1 N–H and O–H groups in total. The van der Waals surface area contributed by atoms with Gasteiger partial charge in [-0.3, -0.25) is 0 Å². The van der Waals surface area contributed by atoms with Gasteiger partial charge in [-0.15, -0.1) is 5.69 Å². The Balaban J connectivity index is 3.08. The average molecular weight is 127 g/mol. The normalized spacial score (nSPS) is 9.12. The van der Waals surface area contributed by atoms with E-state index in [2.05, 4.69) is 0 Å². The van der Waals surface area contributed by atoms with Gasteiger partial charge < -0.3 is 5.73 Å². The maximum atomic E-state index is 7.05. The van der Waals surface area contributed by atoms with Crippen LogP contribution in [0, 0.1) is 0 Å². The molecule has 0 unspecified atom stereocenters. The van der Waals surface area contributed by atoms with E-state index in [0.717, 1.165) is 0 Å². The molecule has 1 aromatic carbocycles. The third-order valence-corrected chi connectivity index (χ3v) is 1.06. The summed E-state index contributed by atoms with van der Waals surface area (Å²) in [5.74, 6) is 0. The molecule has 0 aliphatic rings. The van der Waals surface area contributed by atoms with Crippen LogP contribution in [-0.4, -0.2) is 0 Å². The maximum Gasteiger partial charge on any atom is 0.0393 e. The molecule has 2 heteroatoms. The molecule has 0 fully saturated rings. The van der Waals surface area contributed by atoms with Crippen LogP contribution in [0.5, 0.6) is 0 Å². The highest BCUT2D eigenvalue weighted by Gasteiger charge is 1.78. The molecule has 0 amide bonds. The molecule has 0 saturated heterocycles. The molecular formula is C6H5ClN-. The van der Waals surface area contributed by atoms with Gasteiger partial charge in [0, 0.05) is 5.02 Å². The summed E-state index contributed by atoms with van der Waals surface area (Å²) in [6.07, 6.45) is 0. The van der Waals surface area contributed by atoms with E-state index in [4.69, 9.17) is 17.3 Å². The summed E-state index contributed by atoms with van der Waals surface area (Å²) in [5, 5.41) is 0.623. The van der Waals surface area contributed by atoms with Crippen molar-refractivity contribution in [2.75, 3.05) is 0 Å². The van der Waals surface area contributed by atoms with Crippen molar-refractivity contribution in [3.05, 3.63) is 35.0 Å². The van der Waals surface area contributed by atoms with E-state index in [0.29, 0.717) is 10.7 Å². The Hall–Kier alpha value is -0.690. The summed E-state index contributed by atoms with van der Waals surface area (Å²) >= 11 is 5.52. The van der Waals surface area contributed by atoms with E-state index >= 15 is 0 Å². The van der Waals surface area contributed by atoms with E-state index < -0.39 is 0 Å². The highest BCUT2D eigenvalue weighted by Crippen LogP contribution is 2.15. The molecule has 0 aliphatic carbocycles. The summed E-state index contributed by atoms with van der Waals surface area (Å²) < 4.78 is 0. The predicted octanol–water partition coefficient (Wildman–Crippen LogP) is 3.02. The van der Waals surface area contributed by atoms with Crippen LogP contribution >= 0.6 is 11.6 Å². The number of benzene rings is 1. The van der Waals surface area contributed by atoms with Gasteiger partial charge in [0.25, 0.3) is 0 Å². The highest BCUT2D eigenvalue weighted by molar-refractivity contribution is 6.30. The van der Waals surface area contributed by atoms with Crippen LogP contribution in [0.15, 0.2) is 24.3 Å². The van der Waals surface area contributed by atoms with Crippen molar-refractivity contribution in [1.82, 2.24) is 0 Å². The van der Waals surface area contributed by atoms with Gasteiger partial charge in [0.05, 0.1) is 0 Å². The first-order valence-corrected chi connectivity index (χ1v) is 2.64. The molecule has 0 bridgehead atoms. The first-order valence-electron chi connectivity index (χ1n) is 2.26. The molecule has 1 nitrogen and oxygen atoms in total. The molecule has 0 aromatic heterocycles. The first-order chi connectivity index (χ1) is 3.79. The Labute approximate surface area is 53.1 Å². The topological polar surface area (TPSA) is 23.8 Å². The highest BCUT2D eigenvalue weighted by atomic mass is 35.5. The molecular weight excluding hydrogens is 122 g/mol. The van der Waals surface area contributed by atoms with Crippen LogP contribution in [-0.2, 0) is 0 Å². The Morgan fingerprint density at radius 3 is 2.50 bits per heavy atom. The van der Waals surface area contributed by atoms with Crippen molar-refractivity contribution in [1.29, 1.82) is 0 Å². The molecule has 1 rings (SSSR count). The molecule has 0 radical (unpaired) electrons. The van der Waals surface area contributed by atoms with Crippen LogP contribution in [0.25, 0.3) is 5.73 Å². The molecule has 0 heterocycles. The van der Waals surface area contributed by atoms with E-state index in [1.807, 2.05) is 0 Å². The Bertz CT molecular complexity index is 168. The SMILES string of the molecule is [NH-]c1cccc(Cl)c1. The largest absolute Gasteiger partial charge is 0.699 e. The number of nitrogens with one attached hydrogen (secondary N) is 1. The minimum atomic E-state index is 0.456.